The van der Waals surface area contributed by atoms with Gasteiger partial charge in [-0.2, -0.15) is 13.2 Å². The summed E-state index contributed by atoms with van der Waals surface area (Å²) >= 11 is 5.79. The van der Waals surface area contributed by atoms with E-state index >= 15 is 0 Å². The van der Waals surface area contributed by atoms with Crippen LogP contribution in [0.5, 0.6) is 5.75 Å². The Kier molecular flexibility index (Phi) is 6.65. The number of halogens is 4. The first kappa shape index (κ1) is 23.4. The van der Waals surface area contributed by atoms with E-state index in [1.54, 1.807) is 0 Å². The molecule has 0 aliphatic rings. The summed E-state index contributed by atoms with van der Waals surface area (Å²) < 4.78 is 71.7. The number of hydrogen-bond donors (Lipinski definition) is 2. The SMILES string of the molecule is COc1ccc(NS(=O)(=O)c2ccc(Cl)cc2)c(C(=O)Nc2cccc(C(F)(F)F)c2)c1. The fourth-order valence-corrected chi connectivity index (χ4v) is 3.92. The van der Waals surface area contributed by atoms with Gasteiger partial charge in [0.2, 0.25) is 0 Å². The van der Waals surface area contributed by atoms with Crippen LogP contribution in [-0.2, 0) is 16.2 Å². The summed E-state index contributed by atoms with van der Waals surface area (Å²) in [6.07, 6.45) is -4.59. The third-order valence-electron chi connectivity index (χ3n) is 4.29. The number of benzene rings is 3. The molecule has 2 N–H and O–H groups in total. The highest BCUT2D eigenvalue weighted by Gasteiger charge is 2.30. The van der Waals surface area contributed by atoms with Gasteiger partial charge in [0, 0.05) is 10.7 Å². The van der Waals surface area contributed by atoms with Crippen LogP contribution in [0.1, 0.15) is 15.9 Å². The van der Waals surface area contributed by atoms with Crippen molar-refractivity contribution in [2.24, 2.45) is 0 Å². The smallest absolute Gasteiger partial charge is 0.416 e. The van der Waals surface area contributed by atoms with Crippen LogP contribution in [0, 0.1) is 0 Å². The Bertz CT molecular complexity index is 1250. The highest BCUT2D eigenvalue weighted by molar-refractivity contribution is 7.92. The third-order valence-corrected chi connectivity index (χ3v) is 5.92. The van der Waals surface area contributed by atoms with Gasteiger partial charge < -0.3 is 10.1 Å². The van der Waals surface area contributed by atoms with Gasteiger partial charge in [-0.05, 0) is 60.7 Å². The molecule has 0 aromatic heterocycles. The fourth-order valence-electron chi connectivity index (χ4n) is 2.72. The lowest BCUT2D eigenvalue weighted by atomic mass is 10.1. The predicted molar refractivity (Wildman–Crippen MR) is 115 cm³/mol. The maximum Gasteiger partial charge on any atom is 0.416 e. The first-order chi connectivity index (χ1) is 15.0. The Morgan fingerprint density at radius 1 is 1.00 bits per heavy atom. The van der Waals surface area contributed by atoms with Gasteiger partial charge in [0.05, 0.1) is 28.8 Å². The predicted octanol–water partition coefficient (Wildman–Crippen LogP) is 5.42. The number of alkyl halides is 3. The Hall–Kier alpha value is -3.24. The van der Waals surface area contributed by atoms with Gasteiger partial charge in [0.25, 0.3) is 15.9 Å². The molecule has 0 spiro atoms. The van der Waals surface area contributed by atoms with Crippen molar-refractivity contribution in [3.8, 4) is 5.75 Å². The Balaban J connectivity index is 1.94. The van der Waals surface area contributed by atoms with E-state index in [1.807, 2.05) is 0 Å². The number of nitrogens with one attached hydrogen (secondary N) is 2. The lowest BCUT2D eigenvalue weighted by Crippen LogP contribution is -2.19. The number of sulfonamides is 1. The van der Waals surface area contributed by atoms with E-state index in [0.29, 0.717) is 5.02 Å². The average molecular weight is 485 g/mol. The molecule has 3 rings (SSSR count). The number of ether oxygens (including phenoxy) is 1. The molecule has 0 unspecified atom stereocenters. The van der Waals surface area contributed by atoms with Crippen molar-refractivity contribution >= 4 is 38.9 Å². The molecule has 0 fully saturated rings. The third kappa shape index (κ3) is 5.51. The minimum atomic E-state index is -4.59. The molecule has 32 heavy (non-hydrogen) atoms. The van der Waals surface area contributed by atoms with Crippen molar-refractivity contribution in [1.29, 1.82) is 0 Å². The Morgan fingerprint density at radius 2 is 1.69 bits per heavy atom. The molecule has 0 bridgehead atoms. The zero-order valence-electron chi connectivity index (χ0n) is 16.4. The van der Waals surface area contributed by atoms with E-state index in [1.165, 1.54) is 55.6 Å². The van der Waals surface area contributed by atoms with Crippen molar-refractivity contribution in [3.63, 3.8) is 0 Å². The van der Waals surface area contributed by atoms with E-state index in [9.17, 15) is 26.4 Å². The number of methoxy groups -OCH3 is 1. The van der Waals surface area contributed by atoms with E-state index in [2.05, 4.69) is 10.0 Å². The summed E-state index contributed by atoms with van der Waals surface area (Å²) in [7, 11) is -2.73. The molecular formula is C21H16ClF3N2O4S. The molecule has 0 radical (unpaired) electrons. The first-order valence-corrected chi connectivity index (χ1v) is 10.8. The van der Waals surface area contributed by atoms with Crippen molar-refractivity contribution in [2.75, 3.05) is 17.1 Å². The van der Waals surface area contributed by atoms with Gasteiger partial charge in [0.15, 0.2) is 0 Å². The molecule has 3 aromatic carbocycles. The molecular weight excluding hydrogens is 469 g/mol. The van der Waals surface area contributed by atoms with Crippen LogP contribution >= 0.6 is 11.6 Å². The summed E-state index contributed by atoms with van der Waals surface area (Å²) in [6.45, 7) is 0. The molecule has 6 nitrogen and oxygen atoms in total. The van der Waals surface area contributed by atoms with Crippen molar-refractivity contribution in [1.82, 2.24) is 0 Å². The molecule has 0 saturated carbocycles. The minimum absolute atomic E-state index is 0.0924. The van der Waals surface area contributed by atoms with E-state index < -0.39 is 27.7 Å². The number of carbonyl (C=O) groups excluding carboxylic acids is 1. The molecule has 0 aliphatic carbocycles. The normalized spacial score (nSPS) is 11.7. The van der Waals surface area contributed by atoms with E-state index in [-0.39, 0.29) is 27.6 Å². The van der Waals surface area contributed by atoms with Gasteiger partial charge in [0.1, 0.15) is 5.75 Å². The lowest BCUT2D eigenvalue weighted by Gasteiger charge is -2.15. The second-order valence-corrected chi connectivity index (χ2v) is 8.62. The topological polar surface area (TPSA) is 84.5 Å². The van der Waals surface area contributed by atoms with Crippen LogP contribution in [0.4, 0.5) is 24.5 Å². The summed E-state index contributed by atoms with van der Waals surface area (Å²) in [5, 5.41) is 2.69. The summed E-state index contributed by atoms with van der Waals surface area (Å²) in [6, 6.07) is 13.4. The van der Waals surface area contributed by atoms with E-state index in [0.717, 1.165) is 18.2 Å². The standard InChI is InChI=1S/C21H16ClF3N2O4S/c1-31-16-7-10-19(27-32(29,30)17-8-5-14(22)6-9-17)18(12-16)20(28)26-15-4-2-3-13(11-15)21(23,24)25/h2-12,27H,1H3,(H,26,28). The second kappa shape index (κ2) is 9.09. The van der Waals surface area contributed by atoms with Crippen molar-refractivity contribution in [2.45, 2.75) is 11.1 Å². The van der Waals surface area contributed by atoms with Gasteiger partial charge in [-0.15, -0.1) is 0 Å². The highest BCUT2D eigenvalue weighted by atomic mass is 35.5. The Labute approximate surface area is 187 Å². The fraction of sp³-hybridized carbons (Fsp3) is 0.0952. The summed E-state index contributed by atoms with van der Waals surface area (Å²) in [5.74, 6) is -0.592. The molecule has 0 atom stereocenters. The average Bonchev–Trinajstić information content (AvgIpc) is 2.73. The van der Waals surface area contributed by atoms with Crippen molar-refractivity contribution < 1.29 is 31.1 Å². The first-order valence-electron chi connectivity index (χ1n) is 8.94. The molecule has 0 heterocycles. The maximum atomic E-state index is 12.9. The van der Waals surface area contributed by atoms with Crippen LogP contribution in [0.3, 0.4) is 0 Å². The van der Waals surface area contributed by atoms with Crippen LogP contribution in [0.2, 0.25) is 5.02 Å². The van der Waals surface area contributed by atoms with Crippen LogP contribution in [-0.4, -0.2) is 21.4 Å². The van der Waals surface area contributed by atoms with Gasteiger partial charge in [-0.25, -0.2) is 8.42 Å². The molecule has 11 heteroatoms. The Morgan fingerprint density at radius 3 is 2.31 bits per heavy atom. The number of anilines is 2. The van der Waals surface area contributed by atoms with Crippen molar-refractivity contribution in [3.05, 3.63) is 82.9 Å². The van der Waals surface area contributed by atoms with Crippen LogP contribution < -0.4 is 14.8 Å². The summed E-state index contributed by atoms with van der Waals surface area (Å²) in [4.78, 5) is 12.7. The molecule has 1 amide bonds. The van der Waals surface area contributed by atoms with Gasteiger partial charge >= 0.3 is 6.18 Å². The van der Waals surface area contributed by atoms with Gasteiger partial charge in [-0.1, -0.05) is 17.7 Å². The minimum Gasteiger partial charge on any atom is -0.497 e. The number of rotatable bonds is 6. The maximum absolute atomic E-state index is 12.9. The lowest BCUT2D eigenvalue weighted by molar-refractivity contribution is -0.137. The molecule has 0 aliphatic heterocycles. The molecule has 3 aromatic rings. The zero-order valence-corrected chi connectivity index (χ0v) is 18.0. The largest absolute Gasteiger partial charge is 0.497 e. The summed E-state index contributed by atoms with van der Waals surface area (Å²) in [5.41, 5.74) is -1.30. The monoisotopic (exact) mass is 484 g/mol. The zero-order chi connectivity index (χ0) is 23.5. The van der Waals surface area contributed by atoms with Gasteiger partial charge in [-0.3, -0.25) is 9.52 Å². The molecule has 168 valence electrons. The number of carbonyl (C=O) groups is 1. The second-order valence-electron chi connectivity index (χ2n) is 6.50. The number of amides is 1. The molecule has 0 saturated heterocycles. The quantitative estimate of drug-likeness (QED) is 0.489. The highest BCUT2D eigenvalue weighted by Crippen LogP contribution is 2.31. The van der Waals surface area contributed by atoms with Crippen LogP contribution in [0.15, 0.2) is 71.6 Å². The number of hydrogen-bond acceptors (Lipinski definition) is 4. The van der Waals surface area contributed by atoms with E-state index in [4.69, 9.17) is 16.3 Å². The van der Waals surface area contributed by atoms with Crippen LogP contribution in [0.25, 0.3) is 0 Å².